The van der Waals surface area contributed by atoms with Crippen LogP contribution in [0.25, 0.3) is 0 Å². The van der Waals surface area contributed by atoms with Gasteiger partial charge in [0, 0.05) is 25.0 Å². The zero-order valence-corrected chi connectivity index (χ0v) is 12.7. The van der Waals surface area contributed by atoms with Gasteiger partial charge in [-0.05, 0) is 30.5 Å². The van der Waals surface area contributed by atoms with Crippen LogP contribution in [0, 0.1) is 6.92 Å². The maximum atomic E-state index is 12.5. The van der Waals surface area contributed by atoms with Gasteiger partial charge in [0.15, 0.2) is 0 Å². The van der Waals surface area contributed by atoms with Crippen molar-refractivity contribution in [1.29, 1.82) is 0 Å². The van der Waals surface area contributed by atoms with E-state index in [4.69, 9.17) is 10.2 Å². The SMILES string of the molecule is Cc1ccc(C2CN(S(=O)(=O)c3cccs3)CC2N)o1. The molecular weight excluding hydrogens is 296 g/mol. The fraction of sp³-hybridized carbons (Fsp3) is 0.385. The molecular formula is C13H16N2O3S2. The smallest absolute Gasteiger partial charge is 0.252 e. The van der Waals surface area contributed by atoms with Gasteiger partial charge in [-0.15, -0.1) is 11.3 Å². The third-order valence-electron chi connectivity index (χ3n) is 3.55. The Labute approximate surface area is 122 Å². The van der Waals surface area contributed by atoms with Crippen molar-refractivity contribution < 1.29 is 12.8 Å². The number of hydrogen-bond acceptors (Lipinski definition) is 5. The van der Waals surface area contributed by atoms with Crippen molar-refractivity contribution in [2.45, 2.75) is 23.1 Å². The lowest BCUT2D eigenvalue weighted by molar-refractivity contribution is 0.429. The van der Waals surface area contributed by atoms with Crippen LogP contribution >= 0.6 is 11.3 Å². The lowest BCUT2D eigenvalue weighted by Crippen LogP contribution is -2.31. The molecule has 2 unspecified atom stereocenters. The molecule has 1 aliphatic rings. The lowest BCUT2D eigenvalue weighted by atomic mass is 10.0. The van der Waals surface area contributed by atoms with Crippen molar-refractivity contribution >= 4 is 21.4 Å². The maximum absolute atomic E-state index is 12.5. The average molecular weight is 312 g/mol. The minimum atomic E-state index is -3.43. The first-order valence-electron chi connectivity index (χ1n) is 6.34. The number of nitrogens with zero attached hydrogens (tertiary/aromatic N) is 1. The molecule has 1 aliphatic heterocycles. The van der Waals surface area contributed by atoms with E-state index in [2.05, 4.69) is 0 Å². The molecule has 0 saturated carbocycles. The van der Waals surface area contributed by atoms with Gasteiger partial charge in [-0.3, -0.25) is 0 Å². The zero-order valence-electron chi connectivity index (χ0n) is 11.0. The van der Waals surface area contributed by atoms with E-state index in [1.165, 1.54) is 15.6 Å². The van der Waals surface area contributed by atoms with E-state index in [1.54, 1.807) is 17.5 Å². The third kappa shape index (κ3) is 2.31. The second-order valence-corrected chi connectivity index (χ2v) is 8.09. The van der Waals surface area contributed by atoms with E-state index < -0.39 is 10.0 Å². The predicted molar refractivity (Wildman–Crippen MR) is 77.2 cm³/mol. The number of hydrogen-bond donors (Lipinski definition) is 1. The van der Waals surface area contributed by atoms with Crippen LogP contribution in [-0.4, -0.2) is 31.9 Å². The molecule has 2 aromatic rings. The fourth-order valence-corrected chi connectivity index (χ4v) is 5.13. The Hall–Kier alpha value is -1.15. The van der Waals surface area contributed by atoms with E-state index in [-0.39, 0.29) is 12.0 Å². The van der Waals surface area contributed by atoms with Gasteiger partial charge in [-0.2, -0.15) is 4.31 Å². The number of aryl methyl sites for hydroxylation is 1. The molecule has 0 amide bonds. The molecule has 1 saturated heterocycles. The largest absolute Gasteiger partial charge is 0.466 e. The van der Waals surface area contributed by atoms with Gasteiger partial charge in [0.05, 0.1) is 0 Å². The second kappa shape index (κ2) is 5.00. The van der Waals surface area contributed by atoms with Crippen LogP contribution in [-0.2, 0) is 10.0 Å². The normalized spacial score (nSPS) is 24.3. The van der Waals surface area contributed by atoms with Crippen LogP contribution in [0.15, 0.2) is 38.3 Å². The molecule has 5 nitrogen and oxygen atoms in total. The summed E-state index contributed by atoms with van der Waals surface area (Å²) in [6.07, 6.45) is 0. The third-order valence-corrected chi connectivity index (χ3v) is 6.75. The highest BCUT2D eigenvalue weighted by Gasteiger charge is 2.40. The van der Waals surface area contributed by atoms with Crippen LogP contribution in [0.3, 0.4) is 0 Å². The molecule has 3 rings (SSSR count). The van der Waals surface area contributed by atoms with Gasteiger partial charge in [0.1, 0.15) is 15.7 Å². The molecule has 7 heteroatoms. The van der Waals surface area contributed by atoms with Crippen LogP contribution < -0.4 is 5.73 Å². The molecule has 108 valence electrons. The summed E-state index contributed by atoms with van der Waals surface area (Å²) in [5.41, 5.74) is 6.10. The minimum Gasteiger partial charge on any atom is -0.466 e. The summed E-state index contributed by atoms with van der Waals surface area (Å²) >= 11 is 1.23. The zero-order chi connectivity index (χ0) is 14.3. The second-order valence-electron chi connectivity index (χ2n) is 4.97. The van der Waals surface area contributed by atoms with Crippen molar-refractivity contribution in [1.82, 2.24) is 4.31 Å². The summed E-state index contributed by atoms with van der Waals surface area (Å²) in [5.74, 6) is 1.49. The Morgan fingerprint density at radius 3 is 2.75 bits per heavy atom. The number of furan rings is 1. The van der Waals surface area contributed by atoms with Crippen molar-refractivity contribution in [2.24, 2.45) is 5.73 Å². The first-order chi connectivity index (χ1) is 9.48. The van der Waals surface area contributed by atoms with Crippen LogP contribution in [0.1, 0.15) is 17.4 Å². The van der Waals surface area contributed by atoms with Gasteiger partial charge in [0.25, 0.3) is 10.0 Å². The number of thiophene rings is 1. The van der Waals surface area contributed by atoms with Gasteiger partial charge in [-0.1, -0.05) is 6.07 Å². The van der Waals surface area contributed by atoms with E-state index >= 15 is 0 Å². The Kier molecular flexibility index (Phi) is 3.45. The van der Waals surface area contributed by atoms with Crippen molar-refractivity contribution in [3.05, 3.63) is 41.2 Å². The molecule has 20 heavy (non-hydrogen) atoms. The highest BCUT2D eigenvalue weighted by molar-refractivity contribution is 7.91. The average Bonchev–Trinajstić information content (AvgIpc) is 3.08. The molecule has 3 heterocycles. The summed E-state index contributed by atoms with van der Waals surface area (Å²) in [6.45, 7) is 2.56. The Morgan fingerprint density at radius 2 is 2.15 bits per heavy atom. The molecule has 1 fully saturated rings. The fourth-order valence-electron chi connectivity index (χ4n) is 2.48. The Balaban J connectivity index is 1.85. The van der Waals surface area contributed by atoms with Gasteiger partial charge < -0.3 is 10.2 Å². The summed E-state index contributed by atoms with van der Waals surface area (Å²) in [6, 6.07) is 6.87. The first-order valence-corrected chi connectivity index (χ1v) is 8.66. The summed E-state index contributed by atoms with van der Waals surface area (Å²) in [7, 11) is -3.43. The van der Waals surface area contributed by atoms with Gasteiger partial charge in [0.2, 0.25) is 0 Å². The topological polar surface area (TPSA) is 76.5 Å². The molecule has 0 spiro atoms. The minimum absolute atomic E-state index is 0.0848. The highest BCUT2D eigenvalue weighted by atomic mass is 32.2. The standard InChI is InChI=1S/C13H16N2O3S2/c1-9-4-5-12(18-9)10-7-15(8-11(10)14)20(16,17)13-3-2-6-19-13/h2-6,10-11H,7-8,14H2,1H3. The summed E-state index contributed by atoms with van der Waals surface area (Å²) in [4.78, 5) is 0. The summed E-state index contributed by atoms with van der Waals surface area (Å²) in [5, 5.41) is 1.76. The van der Waals surface area contributed by atoms with Crippen LogP contribution in [0.2, 0.25) is 0 Å². The van der Waals surface area contributed by atoms with Crippen molar-refractivity contribution in [2.75, 3.05) is 13.1 Å². The molecule has 0 radical (unpaired) electrons. The van der Waals surface area contributed by atoms with Crippen molar-refractivity contribution in [3.63, 3.8) is 0 Å². The maximum Gasteiger partial charge on any atom is 0.252 e. The van der Waals surface area contributed by atoms with E-state index in [0.29, 0.717) is 17.3 Å². The molecule has 2 atom stereocenters. The molecule has 2 N–H and O–H groups in total. The van der Waals surface area contributed by atoms with E-state index in [0.717, 1.165) is 11.5 Å². The number of sulfonamides is 1. The van der Waals surface area contributed by atoms with Crippen LogP contribution in [0.5, 0.6) is 0 Å². The summed E-state index contributed by atoms with van der Waals surface area (Å²) < 4.78 is 32.3. The number of nitrogens with two attached hydrogens (primary N) is 1. The molecule has 2 aromatic heterocycles. The van der Waals surface area contributed by atoms with Crippen molar-refractivity contribution in [3.8, 4) is 0 Å². The first kappa shape index (κ1) is 13.8. The van der Waals surface area contributed by atoms with E-state index in [9.17, 15) is 8.42 Å². The van der Waals surface area contributed by atoms with E-state index in [1.807, 2.05) is 19.1 Å². The molecule has 0 aliphatic carbocycles. The molecule has 0 bridgehead atoms. The van der Waals surface area contributed by atoms with Crippen LogP contribution in [0.4, 0.5) is 0 Å². The molecule has 0 aromatic carbocycles. The van der Waals surface area contributed by atoms with Gasteiger partial charge >= 0.3 is 0 Å². The van der Waals surface area contributed by atoms with Gasteiger partial charge in [-0.25, -0.2) is 8.42 Å². The number of rotatable bonds is 3. The highest BCUT2D eigenvalue weighted by Crippen LogP contribution is 2.32. The predicted octanol–water partition coefficient (Wildman–Crippen LogP) is 1.76. The Morgan fingerprint density at radius 1 is 1.35 bits per heavy atom. The lowest BCUT2D eigenvalue weighted by Gasteiger charge is -2.14. The quantitative estimate of drug-likeness (QED) is 0.937. The Bertz CT molecular complexity index is 691. The monoisotopic (exact) mass is 312 g/mol.